The normalized spacial score (nSPS) is 11.6. The summed E-state index contributed by atoms with van der Waals surface area (Å²) >= 11 is 5.77. The second kappa shape index (κ2) is 8.34. The van der Waals surface area contributed by atoms with E-state index in [1.54, 1.807) is 24.3 Å². The zero-order valence-electron chi connectivity index (χ0n) is 12.9. The molecule has 2 aromatic rings. The summed E-state index contributed by atoms with van der Waals surface area (Å²) in [5.41, 5.74) is 1.64. The first kappa shape index (κ1) is 17.0. The van der Waals surface area contributed by atoms with Crippen LogP contribution in [-0.2, 0) is 4.79 Å². The molecule has 0 heterocycles. The van der Waals surface area contributed by atoms with Crippen LogP contribution >= 0.6 is 11.6 Å². The Labute approximate surface area is 140 Å². The first-order valence-corrected chi connectivity index (χ1v) is 7.79. The fourth-order valence-corrected chi connectivity index (χ4v) is 2.22. The summed E-state index contributed by atoms with van der Waals surface area (Å²) in [4.78, 5) is 23.7. The van der Waals surface area contributed by atoms with Gasteiger partial charge in [-0.3, -0.25) is 9.59 Å². The van der Waals surface area contributed by atoms with Gasteiger partial charge in [0, 0.05) is 17.1 Å². The average Bonchev–Trinajstić information content (AvgIpc) is 2.59. The number of amides is 2. The summed E-state index contributed by atoms with van der Waals surface area (Å²) in [5, 5.41) is 5.97. The molecule has 0 aliphatic carbocycles. The highest BCUT2D eigenvalue weighted by Crippen LogP contribution is 2.12. The number of halogens is 1. The molecule has 0 saturated heterocycles. The predicted octanol–water partition coefficient (Wildman–Crippen LogP) is 2.99. The molecule has 0 radical (unpaired) electrons. The van der Waals surface area contributed by atoms with Crippen LogP contribution < -0.4 is 10.6 Å². The van der Waals surface area contributed by atoms with Crippen LogP contribution in [0.2, 0.25) is 5.02 Å². The van der Waals surface area contributed by atoms with Crippen LogP contribution in [-0.4, -0.2) is 24.9 Å². The predicted molar refractivity (Wildman–Crippen MR) is 91.7 cm³/mol. The van der Waals surface area contributed by atoms with E-state index in [2.05, 4.69) is 10.6 Å². The van der Waals surface area contributed by atoms with Crippen molar-refractivity contribution in [1.29, 1.82) is 0 Å². The van der Waals surface area contributed by atoms with E-state index in [-0.39, 0.29) is 24.3 Å². The molecule has 1 atom stereocenters. The lowest BCUT2D eigenvalue weighted by molar-refractivity contribution is -0.120. The molecular weight excluding hydrogens is 312 g/mol. The summed E-state index contributed by atoms with van der Waals surface area (Å²) in [6.45, 7) is 2.52. The van der Waals surface area contributed by atoms with E-state index in [4.69, 9.17) is 11.6 Å². The molecule has 5 heteroatoms. The molecule has 0 aliphatic heterocycles. The Morgan fingerprint density at radius 1 is 1.00 bits per heavy atom. The first-order chi connectivity index (χ1) is 11.1. The summed E-state index contributed by atoms with van der Waals surface area (Å²) in [6.07, 6.45) is 0. The van der Waals surface area contributed by atoms with Crippen molar-refractivity contribution in [2.45, 2.75) is 12.8 Å². The second-order valence-corrected chi connectivity index (χ2v) is 5.74. The number of nitrogens with one attached hydrogen (secondary N) is 2. The fraction of sp³-hybridized carbons (Fsp3) is 0.222. The van der Waals surface area contributed by atoms with Crippen LogP contribution in [0, 0.1) is 0 Å². The van der Waals surface area contributed by atoms with Gasteiger partial charge in [0.15, 0.2) is 0 Å². The van der Waals surface area contributed by atoms with Gasteiger partial charge in [0.1, 0.15) is 0 Å². The van der Waals surface area contributed by atoms with Crippen molar-refractivity contribution in [1.82, 2.24) is 10.6 Å². The Bertz CT molecular complexity index is 656. The van der Waals surface area contributed by atoms with Gasteiger partial charge in [-0.1, -0.05) is 48.9 Å². The third-order valence-electron chi connectivity index (χ3n) is 3.49. The van der Waals surface area contributed by atoms with Crippen LogP contribution in [0.15, 0.2) is 54.6 Å². The number of carbonyl (C=O) groups is 2. The Balaban J connectivity index is 1.75. The molecule has 120 valence electrons. The van der Waals surface area contributed by atoms with Gasteiger partial charge in [0.05, 0.1) is 6.54 Å². The van der Waals surface area contributed by atoms with Crippen LogP contribution in [0.4, 0.5) is 0 Å². The molecule has 0 bridgehead atoms. The minimum atomic E-state index is -0.298. The third kappa shape index (κ3) is 5.42. The number of hydrogen-bond acceptors (Lipinski definition) is 2. The van der Waals surface area contributed by atoms with Crippen molar-refractivity contribution in [2.24, 2.45) is 0 Å². The summed E-state index contributed by atoms with van der Waals surface area (Å²) in [6, 6.07) is 16.5. The second-order valence-electron chi connectivity index (χ2n) is 5.31. The highest BCUT2D eigenvalue weighted by Gasteiger charge is 2.10. The van der Waals surface area contributed by atoms with Crippen LogP contribution in [0.3, 0.4) is 0 Å². The van der Waals surface area contributed by atoms with Crippen molar-refractivity contribution < 1.29 is 9.59 Å². The van der Waals surface area contributed by atoms with E-state index in [1.165, 1.54) is 0 Å². The number of carbonyl (C=O) groups excluding carboxylic acids is 2. The van der Waals surface area contributed by atoms with Gasteiger partial charge in [-0.2, -0.15) is 0 Å². The molecule has 0 aliphatic rings. The smallest absolute Gasteiger partial charge is 0.251 e. The number of rotatable bonds is 6. The number of hydrogen-bond donors (Lipinski definition) is 2. The molecule has 0 saturated carbocycles. The maximum Gasteiger partial charge on any atom is 0.251 e. The molecule has 2 amide bonds. The van der Waals surface area contributed by atoms with Crippen molar-refractivity contribution in [3.63, 3.8) is 0 Å². The van der Waals surface area contributed by atoms with E-state index < -0.39 is 0 Å². The molecule has 2 aromatic carbocycles. The molecular formula is C18H19ClN2O2. The molecule has 4 nitrogen and oxygen atoms in total. The summed E-state index contributed by atoms with van der Waals surface area (Å²) in [7, 11) is 0. The molecule has 2 rings (SSSR count). The van der Waals surface area contributed by atoms with Gasteiger partial charge in [-0.25, -0.2) is 0 Å². The SMILES string of the molecule is CC(CNC(=O)CNC(=O)c1ccc(Cl)cc1)c1ccccc1. The zero-order valence-corrected chi connectivity index (χ0v) is 13.6. The largest absolute Gasteiger partial charge is 0.354 e. The lowest BCUT2D eigenvalue weighted by atomic mass is 10.0. The molecule has 1 unspecified atom stereocenters. The van der Waals surface area contributed by atoms with E-state index in [1.807, 2.05) is 37.3 Å². The van der Waals surface area contributed by atoms with Gasteiger partial charge < -0.3 is 10.6 Å². The third-order valence-corrected chi connectivity index (χ3v) is 3.74. The Morgan fingerprint density at radius 2 is 1.65 bits per heavy atom. The maximum atomic E-state index is 11.9. The monoisotopic (exact) mass is 330 g/mol. The van der Waals surface area contributed by atoms with Gasteiger partial charge in [0.2, 0.25) is 5.91 Å². The highest BCUT2D eigenvalue weighted by atomic mass is 35.5. The lowest BCUT2D eigenvalue weighted by Crippen LogP contribution is -2.38. The van der Waals surface area contributed by atoms with Crippen molar-refractivity contribution in [2.75, 3.05) is 13.1 Å². The molecule has 0 spiro atoms. The summed E-state index contributed by atoms with van der Waals surface area (Å²) in [5.74, 6) is -0.296. The Kier molecular flexibility index (Phi) is 6.18. The Morgan fingerprint density at radius 3 is 2.30 bits per heavy atom. The van der Waals surface area contributed by atoms with Crippen LogP contribution in [0.5, 0.6) is 0 Å². The molecule has 0 aromatic heterocycles. The summed E-state index contributed by atoms with van der Waals surface area (Å²) < 4.78 is 0. The fourth-order valence-electron chi connectivity index (χ4n) is 2.09. The van der Waals surface area contributed by atoms with Gasteiger partial charge in [0.25, 0.3) is 5.91 Å². The highest BCUT2D eigenvalue weighted by molar-refractivity contribution is 6.30. The van der Waals surface area contributed by atoms with Crippen molar-refractivity contribution in [3.05, 3.63) is 70.7 Å². The quantitative estimate of drug-likeness (QED) is 0.855. The minimum absolute atomic E-state index is 0.0526. The van der Waals surface area contributed by atoms with Crippen molar-refractivity contribution >= 4 is 23.4 Å². The van der Waals surface area contributed by atoms with E-state index in [9.17, 15) is 9.59 Å². The zero-order chi connectivity index (χ0) is 16.7. The Hall–Kier alpha value is -2.33. The topological polar surface area (TPSA) is 58.2 Å². The maximum absolute atomic E-state index is 11.9. The molecule has 23 heavy (non-hydrogen) atoms. The first-order valence-electron chi connectivity index (χ1n) is 7.41. The molecule has 0 fully saturated rings. The van der Waals surface area contributed by atoms with Gasteiger partial charge in [-0.05, 0) is 35.7 Å². The van der Waals surface area contributed by atoms with E-state index >= 15 is 0 Å². The van der Waals surface area contributed by atoms with Crippen LogP contribution in [0.25, 0.3) is 0 Å². The van der Waals surface area contributed by atoms with Gasteiger partial charge in [-0.15, -0.1) is 0 Å². The molecule has 2 N–H and O–H groups in total. The lowest BCUT2D eigenvalue weighted by Gasteiger charge is -2.13. The number of benzene rings is 2. The average molecular weight is 331 g/mol. The minimum Gasteiger partial charge on any atom is -0.354 e. The van der Waals surface area contributed by atoms with Crippen molar-refractivity contribution in [3.8, 4) is 0 Å². The standard InChI is InChI=1S/C18H19ClN2O2/c1-13(14-5-3-2-4-6-14)11-20-17(22)12-21-18(23)15-7-9-16(19)10-8-15/h2-10,13H,11-12H2,1H3,(H,20,22)(H,21,23). The van der Waals surface area contributed by atoms with Gasteiger partial charge >= 0.3 is 0 Å². The van der Waals surface area contributed by atoms with E-state index in [0.29, 0.717) is 17.1 Å². The van der Waals surface area contributed by atoms with E-state index in [0.717, 1.165) is 5.56 Å². The van der Waals surface area contributed by atoms with Crippen LogP contribution in [0.1, 0.15) is 28.8 Å².